The number of nitrogens with one attached hydrogen (secondary N) is 1. The molecule has 0 fully saturated rings. The monoisotopic (exact) mass is 352 g/mol. The summed E-state index contributed by atoms with van der Waals surface area (Å²) in [7, 11) is 0. The Hall–Kier alpha value is -3.41. The topological polar surface area (TPSA) is 71.5 Å². The summed E-state index contributed by atoms with van der Waals surface area (Å²) >= 11 is 0. The van der Waals surface area contributed by atoms with Gasteiger partial charge in [0.25, 0.3) is 5.91 Å². The number of pyridine rings is 1. The van der Waals surface area contributed by atoms with Crippen molar-refractivity contribution >= 4 is 11.7 Å². The summed E-state index contributed by atoms with van der Waals surface area (Å²) in [5.74, 6) is -0.259. The Bertz CT molecular complexity index is 927. The lowest BCUT2D eigenvalue weighted by Crippen LogP contribution is -2.13. The minimum atomic E-state index is -0.505. The Kier molecular flexibility index (Phi) is 5.12. The number of ether oxygens (including phenoxy) is 1. The van der Waals surface area contributed by atoms with Gasteiger partial charge < -0.3 is 15.2 Å². The van der Waals surface area contributed by atoms with Gasteiger partial charge in [-0.25, -0.2) is 9.37 Å². The number of phenols is 1. The van der Waals surface area contributed by atoms with Crippen molar-refractivity contribution in [2.75, 3.05) is 5.32 Å². The normalized spacial score (nSPS) is 10.4. The number of amides is 1. The third-order valence-electron chi connectivity index (χ3n) is 3.66. The van der Waals surface area contributed by atoms with Gasteiger partial charge in [-0.15, -0.1) is 0 Å². The van der Waals surface area contributed by atoms with E-state index in [0.717, 1.165) is 5.56 Å². The number of hydrogen-bond acceptors (Lipinski definition) is 4. The van der Waals surface area contributed by atoms with Crippen molar-refractivity contribution in [2.24, 2.45) is 0 Å². The van der Waals surface area contributed by atoms with Gasteiger partial charge in [0.15, 0.2) is 0 Å². The predicted octanol–water partition coefficient (Wildman–Crippen LogP) is 4.07. The molecule has 132 valence electrons. The molecule has 1 heterocycles. The number of aryl methyl sites for hydroxylation is 1. The minimum Gasteiger partial charge on any atom is -0.507 e. The number of hydrogen-bond donors (Lipinski definition) is 2. The number of rotatable bonds is 5. The van der Waals surface area contributed by atoms with E-state index in [4.69, 9.17) is 4.74 Å². The van der Waals surface area contributed by atoms with E-state index in [9.17, 15) is 14.3 Å². The van der Waals surface area contributed by atoms with Gasteiger partial charge in [0.05, 0.1) is 5.56 Å². The summed E-state index contributed by atoms with van der Waals surface area (Å²) in [6, 6.07) is 13.9. The van der Waals surface area contributed by atoms with Gasteiger partial charge in [-0.3, -0.25) is 4.79 Å². The molecule has 0 atom stereocenters. The Labute approximate surface area is 150 Å². The van der Waals surface area contributed by atoms with Crippen LogP contribution in [0.25, 0.3) is 0 Å². The van der Waals surface area contributed by atoms with Crippen LogP contribution in [0.15, 0.2) is 60.8 Å². The standard InChI is InChI=1S/C20H17FN2O3/c1-13-5-8-19(22-11-13)23-20(25)17-10-16(6-7-18(17)24)26-12-14-3-2-4-15(21)9-14/h2-11,24H,12H2,1H3,(H,22,23,25). The highest BCUT2D eigenvalue weighted by molar-refractivity contribution is 6.05. The summed E-state index contributed by atoms with van der Waals surface area (Å²) in [6.07, 6.45) is 1.63. The molecular weight excluding hydrogens is 335 g/mol. The minimum absolute atomic E-state index is 0.0594. The second kappa shape index (κ2) is 7.65. The molecule has 0 aliphatic rings. The zero-order valence-electron chi connectivity index (χ0n) is 14.1. The van der Waals surface area contributed by atoms with Gasteiger partial charge >= 0.3 is 0 Å². The maximum atomic E-state index is 13.2. The number of nitrogens with zero attached hydrogens (tertiary/aromatic N) is 1. The van der Waals surface area contributed by atoms with Crippen molar-refractivity contribution in [3.8, 4) is 11.5 Å². The van der Waals surface area contributed by atoms with Gasteiger partial charge in [0, 0.05) is 6.20 Å². The smallest absolute Gasteiger partial charge is 0.260 e. The van der Waals surface area contributed by atoms with Crippen LogP contribution in [-0.2, 0) is 6.61 Å². The first-order chi connectivity index (χ1) is 12.5. The first kappa shape index (κ1) is 17.4. The SMILES string of the molecule is Cc1ccc(NC(=O)c2cc(OCc3cccc(F)c3)ccc2O)nc1. The lowest BCUT2D eigenvalue weighted by molar-refractivity contribution is 0.102. The zero-order chi connectivity index (χ0) is 18.5. The quantitative estimate of drug-likeness (QED) is 0.726. The third-order valence-corrected chi connectivity index (χ3v) is 3.66. The number of carbonyl (C=O) groups excluding carboxylic acids is 1. The largest absolute Gasteiger partial charge is 0.507 e. The van der Waals surface area contributed by atoms with Crippen molar-refractivity contribution in [3.05, 3.63) is 83.3 Å². The maximum absolute atomic E-state index is 13.2. The molecule has 5 nitrogen and oxygen atoms in total. The second-order valence-corrected chi connectivity index (χ2v) is 5.77. The summed E-state index contributed by atoms with van der Waals surface area (Å²) in [6.45, 7) is 2.03. The van der Waals surface area contributed by atoms with Crippen molar-refractivity contribution in [1.82, 2.24) is 4.98 Å². The summed E-state index contributed by atoms with van der Waals surface area (Å²) < 4.78 is 18.8. The molecule has 0 saturated carbocycles. The first-order valence-electron chi connectivity index (χ1n) is 7.95. The van der Waals surface area contributed by atoms with E-state index in [0.29, 0.717) is 17.1 Å². The van der Waals surface area contributed by atoms with Crippen LogP contribution < -0.4 is 10.1 Å². The molecule has 1 aromatic heterocycles. The van der Waals surface area contributed by atoms with Crippen LogP contribution in [0.2, 0.25) is 0 Å². The van der Waals surface area contributed by atoms with Crippen LogP contribution in [0.1, 0.15) is 21.5 Å². The molecule has 2 N–H and O–H groups in total. The predicted molar refractivity (Wildman–Crippen MR) is 95.8 cm³/mol. The highest BCUT2D eigenvalue weighted by atomic mass is 19.1. The average Bonchev–Trinajstić information content (AvgIpc) is 2.63. The fraction of sp³-hybridized carbons (Fsp3) is 0.100. The maximum Gasteiger partial charge on any atom is 0.260 e. The van der Waals surface area contributed by atoms with Crippen LogP contribution in [0.3, 0.4) is 0 Å². The molecule has 3 rings (SSSR count). The molecule has 0 radical (unpaired) electrons. The molecular formula is C20H17FN2O3. The second-order valence-electron chi connectivity index (χ2n) is 5.77. The lowest BCUT2D eigenvalue weighted by atomic mass is 10.1. The highest BCUT2D eigenvalue weighted by Gasteiger charge is 2.13. The molecule has 0 unspecified atom stereocenters. The van der Waals surface area contributed by atoms with Gasteiger partial charge in [-0.2, -0.15) is 0 Å². The van der Waals surface area contributed by atoms with E-state index >= 15 is 0 Å². The van der Waals surface area contributed by atoms with Gasteiger partial charge in [0.2, 0.25) is 0 Å². The number of anilines is 1. The van der Waals surface area contributed by atoms with Crippen molar-refractivity contribution < 1.29 is 19.0 Å². The Morgan fingerprint density at radius 2 is 2.04 bits per heavy atom. The molecule has 6 heteroatoms. The number of benzene rings is 2. The van der Waals surface area contributed by atoms with E-state index in [-0.39, 0.29) is 23.7 Å². The van der Waals surface area contributed by atoms with Gasteiger partial charge in [-0.1, -0.05) is 18.2 Å². The molecule has 0 aliphatic heterocycles. The Morgan fingerprint density at radius 3 is 2.77 bits per heavy atom. The number of aromatic hydroxyl groups is 1. The summed E-state index contributed by atoms with van der Waals surface area (Å²) in [5.41, 5.74) is 1.69. The highest BCUT2D eigenvalue weighted by Crippen LogP contribution is 2.24. The summed E-state index contributed by atoms with van der Waals surface area (Å²) in [5, 5.41) is 12.6. The molecule has 0 spiro atoms. The lowest BCUT2D eigenvalue weighted by Gasteiger charge is -2.10. The van der Waals surface area contributed by atoms with Crippen LogP contribution in [0, 0.1) is 12.7 Å². The van der Waals surface area contributed by atoms with Crippen LogP contribution in [0.4, 0.5) is 10.2 Å². The number of halogens is 1. The molecule has 0 bridgehead atoms. The van der Waals surface area contributed by atoms with Crippen LogP contribution in [-0.4, -0.2) is 16.0 Å². The third kappa shape index (κ3) is 4.36. The van der Waals surface area contributed by atoms with Gasteiger partial charge in [-0.05, 0) is 54.4 Å². The van der Waals surface area contributed by atoms with E-state index in [1.807, 2.05) is 13.0 Å². The number of phenolic OH excluding ortho intramolecular Hbond substituents is 1. The van der Waals surface area contributed by atoms with E-state index < -0.39 is 5.91 Å². The number of carbonyl (C=O) groups is 1. The van der Waals surface area contributed by atoms with E-state index in [1.54, 1.807) is 24.4 Å². The molecule has 3 aromatic rings. The van der Waals surface area contributed by atoms with Crippen molar-refractivity contribution in [1.29, 1.82) is 0 Å². The zero-order valence-corrected chi connectivity index (χ0v) is 14.1. The summed E-state index contributed by atoms with van der Waals surface area (Å²) in [4.78, 5) is 16.5. The number of aromatic nitrogens is 1. The van der Waals surface area contributed by atoms with Crippen molar-refractivity contribution in [2.45, 2.75) is 13.5 Å². The molecule has 1 amide bonds. The fourth-order valence-electron chi connectivity index (χ4n) is 2.31. The molecule has 0 aliphatic carbocycles. The Morgan fingerprint density at radius 1 is 1.19 bits per heavy atom. The van der Waals surface area contributed by atoms with E-state index in [1.165, 1.54) is 30.3 Å². The Balaban J connectivity index is 1.72. The molecule has 2 aromatic carbocycles. The van der Waals surface area contributed by atoms with Crippen molar-refractivity contribution in [3.63, 3.8) is 0 Å². The van der Waals surface area contributed by atoms with E-state index in [2.05, 4.69) is 10.3 Å². The van der Waals surface area contributed by atoms with Crippen LogP contribution >= 0.6 is 0 Å². The molecule has 26 heavy (non-hydrogen) atoms. The van der Waals surface area contributed by atoms with Gasteiger partial charge in [0.1, 0.15) is 29.7 Å². The fourth-order valence-corrected chi connectivity index (χ4v) is 2.31. The first-order valence-corrected chi connectivity index (χ1v) is 7.95. The van der Waals surface area contributed by atoms with Crippen LogP contribution in [0.5, 0.6) is 11.5 Å². The average molecular weight is 352 g/mol. The molecule has 0 saturated heterocycles.